The Bertz CT molecular complexity index is 1120. The Morgan fingerprint density at radius 2 is 1.71 bits per heavy atom. The van der Waals surface area contributed by atoms with E-state index in [9.17, 15) is 9.18 Å². The number of hydrogen-bond acceptors (Lipinski definition) is 4. The maximum absolute atomic E-state index is 13.5. The van der Waals surface area contributed by atoms with Crippen LogP contribution >= 0.6 is 0 Å². The average molecular weight is 463 g/mol. The minimum Gasteiger partial charge on any atom is -0.493 e. The van der Waals surface area contributed by atoms with Gasteiger partial charge in [0.1, 0.15) is 5.82 Å². The van der Waals surface area contributed by atoms with E-state index in [1.54, 1.807) is 14.2 Å². The summed E-state index contributed by atoms with van der Waals surface area (Å²) in [6.07, 6.45) is 1.17. The van der Waals surface area contributed by atoms with Crippen LogP contribution in [0.25, 0.3) is 0 Å². The van der Waals surface area contributed by atoms with Crippen molar-refractivity contribution in [1.29, 1.82) is 0 Å². The number of methoxy groups -OCH3 is 2. The molecule has 0 bridgehead atoms. The summed E-state index contributed by atoms with van der Waals surface area (Å²) in [6.45, 7) is 3.50. The summed E-state index contributed by atoms with van der Waals surface area (Å²) >= 11 is 0. The first-order valence-electron chi connectivity index (χ1n) is 11.5. The highest BCUT2D eigenvalue weighted by Gasteiger charge is 2.33. The molecular weight excluding hydrogens is 431 g/mol. The van der Waals surface area contributed by atoms with Crippen LogP contribution < -0.4 is 14.8 Å². The highest BCUT2D eigenvalue weighted by Crippen LogP contribution is 2.40. The Morgan fingerprint density at radius 3 is 2.38 bits per heavy atom. The molecule has 0 saturated carbocycles. The third kappa shape index (κ3) is 5.39. The van der Waals surface area contributed by atoms with E-state index in [-0.39, 0.29) is 23.8 Å². The minimum atomic E-state index is -0.248. The molecule has 178 valence electrons. The van der Waals surface area contributed by atoms with Crippen molar-refractivity contribution in [3.05, 3.63) is 94.8 Å². The molecule has 5 nitrogen and oxygen atoms in total. The molecule has 1 aliphatic rings. The van der Waals surface area contributed by atoms with Gasteiger partial charge in [0.2, 0.25) is 5.91 Å². The van der Waals surface area contributed by atoms with Gasteiger partial charge < -0.3 is 14.8 Å². The van der Waals surface area contributed by atoms with Crippen molar-refractivity contribution in [3.8, 4) is 11.5 Å². The van der Waals surface area contributed by atoms with Crippen molar-refractivity contribution >= 4 is 5.91 Å². The molecule has 0 spiro atoms. The molecule has 0 aliphatic carbocycles. The van der Waals surface area contributed by atoms with Crippen LogP contribution in [-0.2, 0) is 24.2 Å². The number of ether oxygens (including phenoxy) is 2. The maximum atomic E-state index is 13.5. The van der Waals surface area contributed by atoms with E-state index in [0.717, 1.165) is 29.7 Å². The first kappa shape index (κ1) is 23.8. The van der Waals surface area contributed by atoms with Crippen molar-refractivity contribution in [3.63, 3.8) is 0 Å². The van der Waals surface area contributed by atoms with Gasteiger partial charge in [-0.15, -0.1) is 0 Å². The van der Waals surface area contributed by atoms with Crippen LogP contribution in [-0.4, -0.2) is 37.6 Å². The van der Waals surface area contributed by atoms with Gasteiger partial charge in [0.05, 0.1) is 26.7 Å². The molecular formula is C28H31FN2O3. The Morgan fingerprint density at radius 1 is 1.03 bits per heavy atom. The van der Waals surface area contributed by atoms with Gasteiger partial charge in [-0.3, -0.25) is 9.69 Å². The molecule has 1 amide bonds. The van der Waals surface area contributed by atoms with Crippen LogP contribution in [0.1, 0.15) is 35.2 Å². The number of carbonyl (C=O) groups is 1. The molecule has 0 unspecified atom stereocenters. The number of benzene rings is 3. The van der Waals surface area contributed by atoms with Crippen molar-refractivity contribution in [1.82, 2.24) is 10.2 Å². The number of hydrogen-bond donors (Lipinski definition) is 1. The van der Waals surface area contributed by atoms with Crippen molar-refractivity contribution < 1.29 is 18.7 Å². The van der Waals surface area contributed by atoms with Gasteiger partial charge in [-0.25, -0.2) is 4.39 Å². The standard InChI is InChI=1S/C28H31FN2O3/c1-19(30-27(32)15-20-7-5-4-6-8-20)28-24-17-26(34-3)25(33-2)16-22(24)13-14-31(28)18-21-9-11-23(29)12-10-21/h4-12,16-17,19,28H,13-15,18H2,1-3H3,(H,30,32)/t19-,28+/m1/s1. The molecule has 0 saturated heterocycles. The van der Waals surface area contributed by atoms with Gasteiger partial charge in [0.25, 0.3) is 0 Å². The van der Waals surface area contributed by atoms with Crippen LogP contribution in [0, 0.1) is 5.82 Å². The van der Waals surface area contributed by atoms with Gasteiger partial charge in [0.15, 0.2) is 11.5 Å². The monoisotopic (exact) mass is 462 g/mol. The quantitative estimate of drug-likeness (QED) is 0.528. The topological polar surface area (TPSA) is 50.8 Å². The van der Waals surface area contributed by atoms with Crippen LogP contribution in [0.3, 0.4) is 0 Å². The molecule has 2 atom stereocenters. The second-order valence-electron chi connectivity index (χ2n) is 8.72. The van der Waals surface area contributed by atoms with E-state index in [4.69, 9.17) is 9.47 Å². The second-order valence-corrected chi connectivity index (χ2v) is 8.72. The zero-order valence-corrected chi connectivity index (χ0v) is 19.9. The average Bonchev–Trinajstić information content (AvgIpc) is 2.84. The third-order valence-corrected chi connectivity index (χ3v) is 6.39. The summed E-state index contributed by atoms with van der Waals surface area (Å²) in [5, 5.41) is 3.22. The van der Waals surface area contributed by atoms with Gasteiger partial charge in [-0.1, -0.05) is 42.5 Å². The highest BCUT2D eigenvalue weighted by molar-refractivity contribution is 5.79. The molecule has 0 radical (unpaired) electrons. The summed E-state index contributed by atoms with van der Waals surface area (Å²) in [5.74, 6) is 1.10. The Kier molecular flexibility index (Phi) is 7.48. The smallest absolute Gasteiger partial charge is 0.224 e. The van der Waals surface area contributed by atoms with Crippen molar-refractivity contribution in [2.75, 3.05) is 20.8 Å². The SMILES string of the molecule is COc1cc2c(cc1OC)[C@H]([C@@H](C)NC(=O)Cc1ccccc1)N(Cc1ccc(F)cc1)CC2. The molecule has 4 rings (SSSR count). The fourth-order valence-corrected chi connectivity index (χ4v) is 4.78. The summed E-state index contributed by atoms with van der Waals surface area (Å²) in [4.78, 5) is 15.2. The minimum absolute atomic E-state index is 0.0203. The number of halogens is 1. The number of rotatable bonds is 8. The summed E-state index contributed by atoms with van der Waals surface area (Å²) in [7, 11) is 3.27. The molecule has 34 heavy (non-hydrogen) atoms. The van der Waals surface area contributed by atoms with E-state index < -0.39 is 0 Å². The molecule has 6 heteroatoms. The number of nitrogens with one attached hydrogen (secondary N) is 1. The first-order chi connectivity index (χ1) is 16.5. The first-order valence-corrected chi connectivity index (χ1v) is 11.5. The number of amides is 1. The lowest BCUT2D eigenvalue weighted by molar-refractivity contribution is -0.121. The van der Waals surface area contributed by atoms with E-state index in [1.807, 2.05) is 61.5 Å². The van der Waals surface area contributed by atoms with E-state index >= 15 is 0 Å². The lowest BCUT2D eigenvalue weighted by Gasteiger charge is -2.41. The largest absolute Gasteiger partial charge is 0.493 e. The maximum Gasteiger partial charge on any atom is 0.224 e. The molecule has 0 aromatic heterocycles. The Hall–Kier alpha value is -3.38. The normalized spacial score (nSPS) is 16.4. The fraction of sp³-hybridized carbons (Fsp3) is 0.321. The predicted octanol–water partition coefficient (Wildman–Crippen LogP) is 4.69. The highest BCUT2D eigenvalue weighted by atomic mass is 19.1. The van der Waals surface area contributed by atoms with Crippen molar-refractivity contribution in [2.45, 2.75) is 38.4 Å². The number of carbonyl (C=O) groups excluding carboxylic acids is 1. The van der Waals surface area contributed by atoms with Crippen LogP contribution in [0.15, 0.2) is 66.7 Å². The zero-order valence-electron chi connectivity index (χ0n) is 19.9. The lowest BCUT2D eigenvalue weighted by atomic mass is 9.87. The van der Waals surface area contributed by atoms with Crippen LogP contribution in [0.2, 0.25) is 0 Å². The van der Waals surface area contributed by atoms with Crippen LogP contribution in [0.5, 0.6) is 11.5 Å². The van der Waals surface area contributed by atoms with Gasteiger partial charge >= 0.3 is 0 Å². The van der Waals surface area contributed by atoms with Gasteiger partial charge in [0, 0.05) is 19.1 Å². The summed E-state index contributed by atoms with van der Waals surface area (Å²) in [6, 6.07) is 20.2. The lowest BCUT2D eigenvalue weighted by Crippen LogP contribution is -2.47. The van der Waals surface area contributed by atoms with Gasteiger partial charge in [-0.2, -0.15) is 0 Å². The van der Waals surface area contributed by atoms with E-state index in [2.05, 4.69) is 10.2 Å². The molecule has 1 heterocycles. The van der Waals surface area contributed by atoms with Crippen molar-refractivity contribution in [2.24, 2.45) is 0 Å². The molecule has 3 aromatic rings. The summed E-state index contributed by atoms with van der Waals surface area (Å²) in [5.41, 5.74) is 4.30. The second kappa shape index (κ2) is 10.7. The van der Waals surface area contributed by atoms with E-state index in [0.29, 0.717) is 24.5 Å². The molecule has 1 aliphatic heterocycles. The molecule has 3 aromatic carbocycles. The zero-order chi connectivity index (χ0) is 24.1. The fourth-order valence-electron chi connectivity index (χ4n) is 4.78. The number of nitrogens with zero attached hydrogens (tertiary/aromatic N) is 1. The Balaban J connectivity index is 1.63. The third-order valence-electron chi connectivity index (χ3n) is 6.39. The predicted molar refractivity (Wildman–Crippen MR) is 131 cm³/mol. The van der Waals surface area contributed by atoms with Crippen LogP contribution in [0.4, 0.5) is 4.39 Å². The summed E-state index contributed by atoms with van der Waals surface area (Å²) < 4.78 is 24.6. The number of fused-ring (bicyclic) bond motifs is 1. The van der Waals surface area contributed by atoms with Gasteiger partial charge in [-0.05, 0) is 59.9 Å². The Labute approximate surface area is 200 Å². The molecule has 0 fully saturated rings. The van der Waals surface area contributed by atoms with E-state index in [1.165, 1.54) is 17.7 Å². The molecule has 1 N–H and O–H groups in total.